The third-order valence-electron chi connectivity index (χ3n) is 3.83. The predicted molar refractivity (Wildman–Crippen MR) is 66.0 cm³/mol. The molecule has 0 aromatic carbocycles. The summed E-state index contributed by atoms with van der Waals surface area (Å²) in [4.78, 5) is 2.24. The minimum absolute atomic E-state index is 0.244. The third kappa shape index (κ3) is 4.21. The van der Waals surface area contributed by atoms with Crippen LogP contribution in [0, 0.1) is 11.8 Å². The molecule has 2 fully saturated rings. The van der Waals surface area contributed by atoms with Gasteiger partial charge in [-0.1, -0.05) is 0 Å². The Morgan fingerprint density at radius 1 is 1.24 bits per heavy atom. The highest BCUT2D eigenvalue weighted by Gasteiger charge is 2.25. The molecule has 1 N–H and O–H groups in total. The Labute approximate surface area is 104 Å². The van der Waals surface area contributed by atoms with Crippen LogP contribution >= 0.6 is 0 Å². The van der Waals surface area contributed by atoms with Crippen LogP contribution in [0.1, 0.15) is 19.3 Å². The van der Waals surface area contributed by atoms with Crippen molar-refractivity contribution < 1.29 is 14.6 Å². The van der Waals surface area contributed by atoms with E-state index in [1.165, 1.54) is 12.8 Å². The topological polar surface area (TPSA) is 41.9 Å². The van der Waals surface area contributed by atoms with Crippen LogP contribution in [-0.4, -0.2) is 62.7 Å². The maximum absolute atomic E-state index is 10.1. The summed E-state index contributed by atoms with van der Waals surface area (Å²) in [6.45, 7) is 5.12. The van der Waals surface area contributed by atoms with Gasteiger partial charge in [0.25, 0.3) is 0 Å². The summed E-state index contributed by atoms with van der Waals surface area (Å²) < 4.78 is 10.8. The van der Waals surface area contributed by atoms with Gasteiger partial charge in [0, 0.05) is 32.2 Å². The van der Waals surface area contributed by atoms with Crippen molar-refractivity contribution in [3.8, 4) is 0 Å². The molecule has 0 spiro atoms. The lowest BCUT2D eigenvalue weighted by atomic mass is 9.99. The molecule has 2 heterocycles. The SMILES string of the molecule is CN(CC1CCCOC1)CC(O)C1CCOC1. The highest BCUT2D eigenvalue weighted by molar-refractivity contribution is 4.76. The summed E-state index contributed by atoms with van der Waals surface area (Å²) in [5.74, 6) is 0.973. The van der Waals surface area contributed by atoms with Gasteiger partial charge >= 0.3 is 0 Å². The van der Waals surface area contributed by atoms with Crippen LogP contribution in [0.15, 0.2) is 0 Å². The second-order valence-corrected chi connectivity index (χ2v) is 5.50. The van der Waals surface area contributed by atoms with Crippen LogP contribution in [0.25, 0.3) is 0 Å². The Kier molecular flexibility index (Phi) is 5.22. The monoisotopic (exact) mass is 243 g/mol. The molecular formula is C13H25NO3. The van der Waals surface area contributed by atoms with Crippen molar-refractivity contribution in [3.63, 3.8) is 0 Å². The van der Waals surface area contributed by atoms with Gasteiger partial charge < -0.3 is 19.5 Å². The highest BCUT2D eigenvalue weighted by Crippen LogP contribution is 2.19. The van der Waals surface area contributed by atoms with E-state index in [9.17, 15) is 5.11 Å². The van der Waals surface area contributed by atoms with Crippen molar-refractivity contribution >= 4 is 0 Å². The van der Waals surface area contributed by atoms with Gasteiger partial charge in [0.05, 0.1) is 19.3 Å². The van der Waals surface area contributed by atoms with Crippen LogP contribution in [0.3, 0.4) is 0 Å². The minimum Gasteiger partial charge on any atom is -0.391 e. The van der Waals surface area contributed by atoms with E-state index in [4.69, 9.17) is 9.47 Å². The second-order valence-electron chi connectivity index (χ2n) is 5.50. The van der Waals surface area contributed by atoms with Crippen molar-refractivity contribution in [3.05, 3.63) is 0 Å². The first-order chi connectivity index (χ1) is 8.25. The number of rotatable bonds is 5. The lowest BCUT2D eigenvalue weighted by molar-refractivity contribution is 0.0245. The lowest BCUT2D eigenvalue weighted by Gasteiger charge is -2.29. The fourth-order valence-electron chi connectivity index (χ4n) is 2.79. The first-order valence-electron chi connectivity index (χ1n) is 6.78. The molecule has 4 heteroatoms. The van der Waals surface area contributed by atoms with Gasteiger partial charge in [0.15, 0.2) is 0 Å². The third-order valence-corrected chi connectivity index (χ3v) is 3.83. The first kappa shape index (κ1) is 13.3. The molecule has 4 nitrogen and oxygen atoms in total. The van der Waals surface area contributed by atoms with Crippen molar-refractivity contribution in [2.75, 3.05) is 46.6 Å². The second kappa shape index (κ2) is 6.69. The molecule has 2 saturated heterocycles. The molecule has 2 aliphatic heterocycles. The molecule has 0 aromatic heterocycles. The Hall–Kier alpha value is -0.160. The summed E-state index contributed by atoms with van der Waals surface area (Å²) in [6, 6.07) is 0. The zero-order valence-electron chi connectivity index (χ0n) is 10.8. The Morgan fingerprint density at radius 3 is 2.71 bits per heavy atom. The van der Waals surface area contributed by atoms with Gasteiger partial charge in [-0.25, -0.2) is 0 Å². The van der Waals surface area contributed by atoms with Crippen molar-refractivity contribution in [1.82, 2.24) is 4.90 Å². The molecule has 3 unspecified atom stereocenters. The molecule has 3 atom stereocenters. The molecular weight excluding hydrogens is 218 g/mol. The fourth-order valence-corrected chi connectivity index (χ4v) is 2.79. The van der Waals surface area contributed by atoms with Crippen molar-refractivity contribution in [2.45, 2.75) is 25.4 Å². The summed E-state index contributed by atoms with van der Waals surface area (Å²) in [6.07, 6.45) is 3.19. The number of hydrogen-bond donors (Lipinski definition) is 1. The minimum atomic E-state index is -0.244. The highest BCUT2D eigenvalue weighted by atomic mass is 16.5. The Bertz CT molecular complexity index is 213. The summed E-state index contributed by atoms with van der Waals surface area (Å²) in [5, 5.41) is 10.1. The standard InChI is InChI=1S/C13H25NO3/c1-14(7-11-3-2-5-16-9-11)8-13(15)12-4-6-17-10-12/h11-13,15H,2-10H2,1H3. The summed E-state index contributed by atoms with van der Waals surface area (Å²) >= 11 is 0. The number of likely N-dealkylation sites (N-methyl/N-ethyl adjacent to an activating group) is 1. The maximum Gasteiger partial charge on any atom is 0.0717 e. The van der Waals surface area contributed by atoms with Gasteiger partial charge in [0.2, 0.25) is 0 Å². The zero-order chi connectivity index (χ0) is 12.1. The molecule has 0 aliphatic carbocycles. The van der Waals surface area contributed by atoms with Crippen LogP contribution in [0.5, 0.6) is 0 Å². The summed E-state index contributed by atoms with van der Waals surface area (Å²) in [5.41, 5.74) is 0. The number of ether oxygens (including phenoxy) is 2. The van der Waals surface area contributed by atoms with Gasteiger partial charge in [-0.05, 0) is 32.2 Å². The average molecular weight is 243 g/mol. The van der Waals surface area contributed by atoms with Crippen molar-refractivity contribution in [2.24, 2.45) is 11.8 Å². The van der Waals surface area contributed by atoms with Crippen LogP contribution < -0.4 is 0 Å². The van der Waals surface area contributed by atoms with E-state index in [1.54, 1.807) is 0 Å². The smallest absolute Gasteiger partial charge is 0.0717 e. The molecule has 17 heavy (non-hydrogen) atoms. The van der Waals surface area contributed by atoms with E-state index in [-0.39, 0.29) is 6.10 Å². The number of aliphatic hydroxyl groups is 1. The van der Waals surface area contributed by atoms with Gasteiger partial charge in [-0.3, -0.25) is 0 Å². The van der Waals surface area contributed by atoms with E-state index in [0.29, 0.717) is 11.8 Å². The van der Waals surface area contributed by atoms with Crippen LogP contribution in [-0.2, 0) is 9.47 Å². The van der Waals surface area contributed by atoms with E-state index >= 15 is 0 Å². The summed E-state index contributed by atoms with van der Waals surface area (Å²) in [7, 11) is 2.09. The zero-order valence-corrected chi connectivity index (χ0v) is 10.8. The largest absolute Gasteiger partial charge is 0.391 e. The quantitative estimate of drug-likeness (QED) is 0.773. The first-order valence-corrected chi connectivity index (χ1v) is 6.78. The molecule has 100 valence electrons. The molecule has 0 bridgehead atoms. The van der Waals surface area contributed by atoms with Crippen LogP contribution in [0.2, 0.25) is 0 Å². The number of nitrogens with zero attached hydrogens (tertiary/aromatic N) is 1. The predicted octanol–water partition coefficient (Wildman–Crippen LogP) is 0.742. The van der Waals surface area contributed by atoms with Crippen LogP contribution in [0.4, 0.5) is 0 Å². The number of aliphatic hydroxyl groups excluding tert-OH is 1. The lowest BCUT2D eigenvalue weighted by Crippen LogP contribution is -2.38. The van der Waals surface area contributed by atoms with Gasteiger partial charge in [-0.15, -0.1) is 0 Å². The fraction of sp³-hybridized carbons (Fsp3) is 1.00. The average Bonchev–Trinajstić information content (AvgIpc) is 2.83. The molecule has 0 aromatic rings. The van der Waals surface area contributed by atoms with E-state index < -0.39 is 0 Å². The van der Waals surface area contributed by atoms with Crippen molar-refractivity contribution in [1.29, 1.82) is 0 Å². The van der Waals surface area contributed by atoms with E-state index in [0.717, 1.165) is 45.9 Å². The molecule has 0 radical (unpaired) electrons. The van der Waals surface area contributed by atoms with Gasteiger partial charge in [0.1, 0.15) is 0 Å². The molecule has 0 saturated carbocycles. The normalized spacial score (nSPS) is 31.9. The Morgan fingerprint density at radius 2 is 2.06 bits per heavy atom. The maximum atomic E-state index is 10.1. The van der Waals surface area contributed by atoms with E-state index in [1.807, 2.05) is 0 Å². The van der Waals surface area contributed by atoms with Gasteiger partial charge in [-0.2, -0.15) is 0 Å². The number of hydrogen-bond acceptors (Lipinski definition) is 4. The molecule has 2 aliphatic rings. The van der Waals surface area contributed by atoms with E-state index in [2.05, 4.69) is 11.9 Å². The Balaban J connectivity index is 1.66. The molecule has 0 amide bonds. The molecule has 2 rings (SSSR count).